The average Bonchev–Trinajstić information content (AvgIpc) is 3.43. The fourth-order valence-electron chi connectivity index (χ4n) is 3.00. The van der Waals surface area contributed by atoms with Crippen molar-refractivity contribution in [1.82, 2.24) is 5.32 Å². The molecule has 2 amide bonds. The minimum Gasteiger partial charge on any atom is -0.368 e. The van der Waals surface area contributed by atoms with Gasteiger partial charge in [-0.25, -0.2) is 0 Å². The van der Waals surface area contributed by atoms with Crippen LogP contribution in [0.5, 0.6) is 0 Å². The summed E-state index contributed by atoms with van der Waals surface area (Å²) in [6.07, 6.45) is 4.29. The first-order valence-corrected chi connectivity index (χ1v) is 8.92. The van der Waals surface area contributed by atoms with E-state index in [1.54, 1.807) is 6.92 Å². The van der Waals surface area contributed by atoms with Gasteiger partial charge in [0.15, 0.2) is 0 Å². The van der Waals surface area contributed by atoms with Crippen molar-refractivity contribution in [1.29, 1.82) is 0 Å². The molecule has 0 aromatic heterocycles. The zero-order valence-corrected chi connectivity index (χ0v) is 14.3. The lowest BCUT2D eigenvalue weighted by atomic mass is 10.0. The molecule has 24 heavy (non-hydrogen) atoms. The fourth-order valence-corrected chi connectivity index (χ4v) is 3.00. The summed E-state index contributed by atoms with van der Waals surface area (Å²) in [5, 5.41) is 2.81. The molecule has 130 valence electrons. The number of anilines is 1. The quantitative estimate of drug-likeness (QED) is 0.834. The van der Waals surface area contributed by atoms with E-state index in [0.29, 0.717) is 25.5 Å². The second-order valence-electron chi connectivity index (χ2n) is 6.74. The van der Waals surface area contributed by atoms with Crippen LogP contribution in [0.3, 0.4) is 0 Å². The Balaban J connectivity index is 1.43. The van der Waals surface area contributed by atoms with Gasteiger partial charge in [-0.05, 0) is 50.2 Å². The number of aryl methyl sites for hydroxylation is 1. The number of benzene rings is 1. The standard InChI is InChI=1S/C19H26N2O3/c1-14(24-13-15-8-9-15)19(23)20-11-10-18(22)21-12-4-6-16-5-2-3-7-17(16)21/h2-3,5,7,14-15H,4,6,8-13H2,1H3,(H,20,23)/t14-/m1/s1. The summed E-state index contributed by atoms with van der Waals surface area (Å²) in [6.45, 7) is 3.54. The first kappa shape index (κ1) is 17.0. The smallest absolute Gasteiger partial charge is 0.248 e. The van der Waals surface area contributed by atoms with E-state index in [0.717, 1.165) is 25.1 Å². The van der Waals surface area contributed by atoms with E-state index in [9.17, 15) is 9.59 Å². The molecule has 1 aromatic rings. The molecule has 0 unspecified atom stereocenters. The fraction of sp³-hybridized carbons (Fsp3) is 0.579. The van der Waals surface area contributed by atoms with E-state index < -0.39 is 6.10 Å². The number of amides is 2. The largest absolute Gasteiger partial charge is 0.368 e. The maximum atomic E-state index is 12.5. The van der Waals surface area contributed by atoms with Gasteiger partial charge in [-0.15, -0.1) is 0 Å². The van der Waals surface area contributed by atoms with Crippen molar-refractivity contribution < 1.29 is 14.3 Å². The number of nitrogens with zero attached hydrogens (tertiary/aromatic N) is 1. The highest BCUT2D eigenvalue weighted by molar-refractivity contribution is 5.95. The van der Waals surface area contributed by atoms with Gasteiger partial charge in [-0.3, -0.25) is 9.59 Å². The Morgan fingerprint density at radius 3 is 2.92 bits per heavy atom. The van der Waals surface area contributed by atoms with E-state index in [4.69, 9.17) is 4.74 Å². The van der Waals surface area contributed by atoms with Crippen molar-refractivity contribution in [3.8, 4) is 0 Å². The van der Waals surface area contributed by atoms with E-state index in [-0.39, 0.29) is 11.8 Å². The second kappa shape index (κ2) is 7.79. The molecule has 5 nitrogen and oxygen atoms in total. The lowest BCUT2D eigenvalue weighted by Crippen LogP contribution is -2.40. The van der Waals surface area contributed by atoms with E-state index in [1.807, 2.05) is 23.1 Å². The van der Waals surface area contributed by atoms with Gasteiger partial charge in [0.1, 0.15) is 6.10 Å². The SMILES string of the molecule is C[C@@H](OCC1CC1)C(=O)NCCC(=O)N1CCCc2ccccc21. The molecule has 5 heteroatoms. The van der Waals surface area contributed by atoms with Gasteiger partial charge in [0, 0.05) is 25.2 Å². The van der Waals surface area contributed by atoms with Gasteiger partial charge in [0.05, 0.1) is 6.61 Å². The number of carbonyl (C=O) groups is 2. The van der Waals surface area contributed by atoms with Crippen molar-refractivity contribution in [2.45, 2.75) is 45.1 Å². The highest BCUT2D eigenvalue weighted by atomic mass is 16.5. The van der Waals surface area contributed by atoms with Gasteiger partial charge in [0.2, 0.25) is 11.8 Å². The zero-order chi connectivity index (χ0) is 16.9. The number of hydrogen-bond acceptors (Lipinski definition) is 3. The summed E-state index contributed by atoms with van der Waals surface area (Å²) in [5.41, 5.74) is 2.24. The molecule has 1 atom stereocenters. The Morgan fingerprint density at radius 2 is 2.12 bits per heavy atom. The molecule has 0 radical (unpaired) electrons. The van der Waals surface area contributed by atoms with Crippen LogP contribution >= 0.6 is 0 Å². The van der Waals surface area contributed by atoms with Gasteiger partial charge in [-0.1, -0.05) is 18.2 Å². The molecule has 2 aliphatic rings. The normalized spacial score (nSPS) is 18.0. The molecule has 0 saturated heterocycles. The number of hydrogen-bond donors (Lipinski definition) is 1. The topological polar surface area (TPSA) is 58.6 Å². The molecule has 3 rings (SSSR count). The maximum absolute atomic E-state index is 12.5. The Kier molecular flexibility index (Phi) is 5.51. The Morgan fingerprint density at radius 1 is 1.33 bits per heavy atom. The van der Waals surface area contributed by atoms with Crippen LogP contribution in [0.15, 0.2) is 24.3 Å². The van der Waals surface area contributed by atoms with Crippen molar-refractivity contribution >= 4 is 17.5 Å². The van der Waals surface area contributed by atoms with E-state index >= 15 is 0 Å². The Hall–Kier alpha value is -1.88. The number of ether oxygens (including phenoxy) is 1. The third-order valence-electron chi connectivity index (χ3n) is 4.70. The first-order valence-electron chi connectivity index (χ1n) is 8.92. The molecule has 1 aliphatic carbocycles. The molecule has 1 heterocycles. The minimum atomic E-state index is -0.448. The zero-order valence-electron chi connectivity index (χ0n) is 14.3. The summed E-state index contributed by atoms with van der Waals surface area (Å²) < 4.78 is 5.54. The van der Waals surface area contributed by atoms with Crippen LogP contribution in [0.4, 0.5) is 5.69 Å². The third kappa shape index (κ3) is 4.35. The molecule has 1 saturated carbocycles. The van der Waals surface area contributed by atoms with Gasteiger partial charge >= 0.3 is 0 Å². The van der Waals surface area contributed by atoms with Crippen LogP contribution in [0.1, 0.15) is 38.2 Å². The molecule has 1 aromatic carbocycles. The minimum absolute atomic E-state index is 0.0639. The molecule has 1 fully saturated rings. The van der Waals surface area contributed by atoms with E-state index in [2.05, 4.69) is 11.4 Å². The first-order chi connectivity index (χ1) is 11.6. The van der Waals surface area contributed by atoms with Gasteiger partial charge in [-0.2, -0.15) is 0 Å². The number of carbonyl (C=O) groups excluding carboxylic acids is 2. The molecule has 0 spiro atoms. The van der Waals surface area contributed by atoms with Crippen molar-refractivity contribution in [3.05, 3.63) is 29.8 Å². The summed E-state index contributed by atoms with van der Waals surface area (Å²) in [6, 6.07) is 8.05. The van der Waals surface area contributed by atoms with Crippen molar-refractivity contribution in [2.24, 2.45) is 5.92 Å². The highest BCUT2D eigenvalue weighted by Gasteiger charge is 2.24. The monoisotopic (exact) mass is 330 g/mol. The second-order valence-corrected chi connectivity index (χ2v) is 6.74. The van der Waals surface area contributed by atoms with Crippen molar-refractivity contribution in [3.63, 3.8) is 0 Å². The van der Waals surface area contributed by atoms with Crippen LogP contribution in [-0.4, -0.2) is 37.6 Å². The van der Waals surface area contributed by atoms with Crippen LogP contribution in [0.2, 0.25) is 0 Å². The Labute approximate surface area is 143 Å². The summed E-state index contributed by atoms with van der Waals surface area (Å²) in [5.74, 6) is 0.567. The molecular formula is C19H26N2O3. The van der Waals surface area contributed by atoms with Crippen LogP contribution < -0.4 is 10.2 Å². The number of para-hydroxylation sites is 1. The molecule has 1 N–H and O–H groups in total. The van der Waals surface area contributed by atoms with E-state index in [1.165, 1.54) is 18.4 Å². The molecular weight excluding hydrogens is 304 g/mol. The summed E-state index contributed by atoms with van der Waals surface area (Å²) >= 11 is 0. The van der Waals surface area contributed by atoms with Gasteiger partial charge < -0.3 is 15.0 Å². The van der Waals surface area contributed by atoms with Crippen molar-refractivity contribution in [2.75, 3.05) is 24.6 Å². The predicted molar refractivity (Wildman–Crippen MR) is 92.9 cm³/mol. The predicted octanol–water partition coefficient (Wildman–Crippen LogP) is 2.29. The maximum Gasteiger partial charge on any atom is 0.248 e. The molecule has 0 bridgehead atoms. The summed E-state index contributed by atoms with van der Waals surface area (Å²) in [7, 11) is 0. The number of rotatable bonds is 7. The third-order valence-corrected chi connectivity index (χ3v) is 4.70. The van der Waals surface area contributed by atoms with Crippen LogP contribution in [0, 0.1) is 5.92 Å². The molecule has 1 aliphatic heterocycles. The average molecular weight is 330 g/mol. The summed E-state index contributed by atoms with van der Waals surface area (Å²) in [4.78, 5) is 26.3. The van der Waals surface area contributed by atoms with Gasteiger partial charge in [0.25, 0.3) is 0 Å². The highest BCUT2D eigenvalue weighted by Crippen LogP contribution is 2.29. The van der Waals surface area contributed by atoms with Crippen LogP contribution in [-0.2, 0) is 20.7 Å². The lowest BCUT2D eigenvalue weighted by Gasteiger charge is -2.29. The number of nitrogens with one attached hydrogen (secondary N) is 1. The Bertz CT molecular complexity index is 598. The number of fused-ring (bicyclic) bond motifs is 1. The van der Waals surface area contributed by atoms with Crippen LogP contribution in [0.25, 0.3) is 0 Å². The lowest BCUT2D eigenvalue weighted by molar-refractivity contribution is -0.132.